The number of rotatable bonds is 4. The van der Waals surface area contributed by atoms with E-state index in [4.69, 9.17) is 10.5 Å². The Morgan fingerprint density at radius 3 is 2.71 bits per heavy atom. The van der Waals surface area contributed by atoms with E-state index < -0.39 is 0 Å². The van der Waals surface area contributed by atoms with Crippen LogP contribution in [-0.4, -0.2) is 24.5 Å². The van der Waals surface area contributed by atoms with Crippen LogP contribution in [0, 0.1) is 0 Å². The molecule has 0 amide bonds. The summed E-state index contributed by atoms with van der Waals surface area (Å²) in [6, 6.07) is 4.49. The standard InChI is InChI=1S/C12H18BrNOS2/c1-8(14)12(10-2-3-11(13)17-10)16-9-4-6-15-7-5-9/h2-3,8-9,12H,4-7,14H2,1H3. The first kappa shape index (κ1) is 13.9. The molecular weight excluding hydrogens is 318 g/mol. The zero-order chi connectivity index (χ0) is 12.3. The zero-order valence-corrected chi connectivity index (χ0v) is 13.1. The molecule has 2 heterocycles. The second kappa shape index (κ2) is 6.57. The predicted molar refractivity (Wildman–Crippen MR) is 79.8 cm³/mol. The molecule has 0 saturated carbocycles. The van der Waals surface area contributed by atoms with E-state index in [1.165, 1.54) is 8.66 Å². The second-order valence-corrected chi connectivity index (χ2v) is 8.31. The first-order valence-corrected chi connectivity index (χ1v) is 8.46. The maximum Gasteiger partial charge on any atom is 0.0701 e. The summed E-state index contributed by atoms with van der Waals surface area (Å²) in [5.74, 6) is 0. The summed E-state index contributed by atoms with van der Waals surface area (Å²) in [6.07, 6.45) is 2.31. The van der Waals surface area contributed by atoms with Crippen molar-refractivity contribution in [1.29, 1.82) is 0 Å². The van der Waals surface area contributed by atoms with Crippen LogP contribution >= 0.6 is 39.0 Å². The quantitative estimate of drug-likeness (QED) is 0.908. The average Bonchev–Trinajstić information content (AvgIpc) is 2.73. The fourth-order valence-corrected chi connectivity index (χ4v) is 5.12. The summed E-state index contributed by atoms with van der Waals surface area (Å²) in [5, 5.41) is 1.11. The highest BCUT2D eigenvalue weighted by Gasteiger charge is 2.24. The van der Waals surface area contributed by atoms with Crippen molar-refractivity contribution in [3.05, 3.63) is 20.8 Å². The third-order valence-electron chi connectivity index (χ3n) is 2.86. The minimum absolute atomic E-state index is 0.188. The molecule has 1 aliphatic heterocycles. The number of halogens is 1. The minimum atomic E-state index is 0.188. The van der Waals surface area contributed by atoms with Crippen LogP contribution in [0.5, 0.6) is 0 Å². The van der Waals surface area contributed by atoms with Crippen LogP contribution in [-0.2, 0) is 4.74 Å². The molecular formula is C12H18BrNOS2. The Labute approximate surface area is 119 Å². The summed E-state index contributed by atoms with van der Waals surface area (Å²) in [7, 11) is 0. The summed E-state index contributed by atoms with van der Waals surface area (Å²) in [6.45, 7) is 3.90. The van der Waals surface area contributed by atoms with Gasteiger partial charge in [0, 0.05) is 29.4 Å². The van der Waals surface area contributed by atoms with Crippen LogP contribution in [0.3, 0.4) is 0 Å². The Morgan fingerprint density at radius 2 is 2.18 bits per heavy atom. The molecule has 17 heavy (non-hydrogen) atoms. The fraction of sp³-hybridized carbons (Fsp3) is 0.667. The number of hydrogen-bond acceptors (Lipinski definition) is 4. The van der Waals surface area contributed by atoms with E-state index >= 15 is 0 Å². The van der Waals surface area contributed by atoms with Gasteiger partial charge in [-0.2, -0.15) is 0 Å². The van der Waals surface area contributed by atoms with E-state index in [1.807, 2.05) is 11.8 Å². The van der Waals surface area contributed by atoms with Crippen LogP contribution < -0.4 is 5.73 Å². The Hall–Kier alpha value is 0.450. The summed E-state index contributed by atoms with van der Waals surface area (Å²) in [4.78, 5) is 1.38. The first-order valence-electron chi connectivity index (χ1n) is 5.91. The molecule has 1 aromatic rings. The van der Waals surface area contributed by atoms with E-state index in [9.17, 15) is 0 Å². The van der Waals surface area contributed by atoms with Gasteiger partial charge in [-0.05, 0) is 47.8 Å². The lowest BCUT2D eigenvalue weighted by Crippen LogP contribution is -2.26. The third-order valence-corrected chi connectivity index (χ3v) is 6.55. The summed E-state index contributed by atoms with van der Waals surface area (Å²) < 4.78 is 6.59. The molecule has 1 aromatic heterocycles. The van der Waals surface area contributed by atoms with Gasteiger partial charge in [0.25, 0.3) is 0 Å². The summed E-state index contributed by atoms with van der Waals surface area (Å²) in [5.41, 5.74) is 6.13. The third kappa shape index (κ3) is 3.96. The van der Waals surface area contributed by atoms with Crippen LogP contribution in [0.1, 0.15) is 29.9 Å². The highest BCUT2D eigenvalue weighted by Crippen LogP contribution is 2.41. The first-order chi connectivity index (χ1) is 8.16. The normalized spacial score (nSPS) is 21.4. The Bertz CT molecular complexity index is 350. The molecule has 2 nitrogen and oxygen atoms in total. The molecule has 0 aromatic carbocycles. The van der Waals surface area contributed by atoms with Crippen molar-refractivity contribution in [2.75, 3.05) is 13.2 Å². The van der Waals surface area contributed by atoms with E-state index in [0.717, 1.165) is 26.1 Å². The average molecular weight is 336 g/mol. The topological polar surface area (TPSA) is 35.2 Å². The largest absolute Gasteiger partial charge is 0.381 e. The monoisotopic (exact) mass is 335 g/mol. The molecule has 0 radical (unpaired) electrons. The van der Waals surface area contributed by atoms with Gasteiger partial charge >= 0.3 is 0 Å². The molecule has 0 spiro atoms. The maximum atomic E-state index is 6.13. The van der Waals surface area contributed by atoms with Gasteiger partial charge in [0.15, 0.2) is 0 Å². The molecule has 2 unspecified atom stereocenters. The lowest BCUT2D eigenvalue weighted by Gasteiger charge is -2.27. The van der Waals surface area contributed by atoms with Gasteiger partial charge in [0.05, 0.1) is 9.04 Å². The van der Waals surface area contributed by atoms with Crippen molar-refractivity contribution in [3.63, 3.8) is 0 Å². The van der Waals surface area contributed by atoms with Gasteiger partial charge in [-0.15, -0.1) is 23.1 Å². The van der Waals surface area contributed by atoms with Crippen molar-refractivity contribution in [2.45, 2.75) is 36.3 Å². The van der Waals surface area contributed by atoms with Crippen LogP contribution in [0.4, 0.5) is 0 Å². The molecule has 1 aliphatic rings. The van der Waals surface area contributed by atoms with Gasteiger partial charge in [-0.25, -0.2) is 0 Å². The smallest absolute Gasteiger partial charge is 0.0701 e. The SMILES string of the molecule is CC(N)C(SC1CCOCC1)c1ccc(Br)s1. The number of thioether (sulfide) groups is 1. The van der Waals surface area contributed by atoms with Crippen molar-refractivity contribution in [3.8, 4) is 0 Å². The van der Waals surface area contributed by atoms with Crippen LogP contribution in [0.2, 0.25) is 0 Å². The minimum Gasteiger partial charge on any atom is -0.381 e. The zero-order valence-electron chi connectivity index (χ0n) is 9.90. The number of nitrogens with two attached hydrogens (primary N) is 1. The van der Waals surface area contributed by atoms with Crippen LogP contribution in [0.25, 0.3) is 0 Å². The molecule has 2 rings (SSSR count). The fourth-order valence-electron chi connectivity index (χ4n) is 1.95. The molecule has 1 fully saturated rings. The van der Waals surface area contributed by atoms with Crippen molar-refractivity contribution < 1.29 is 4.74 Å². The number of hydrogen-bond donors (Lipinski definition) is 1. The number of ether oxygens (including phenoxy) is 1. The van der Waals surface area contributed by atoms with Gasteiger partial charge < -0.3 is 10.5 Å². The van der Waals surface area contributed by atoms with E-state index in [1.54, 1.807) is 11.3 Å². The maximum absolute atomic E-state index is 6.13. The highest BCUT2D eigenvalue weighted by atomic mass is 79.9. The lowest BCUT2D eigenvalue weighted by molar-refractivity contribution is 0.0999. The van der Waals surface area contributed by atoms with Gasteiger partial charge in [0.2, 0.25) is 0 Å². The molecule has 0 aliphatic carbocycles. The predicted octanol–water partition coefficient (Wildman–Crippen LogP) is 3.81. The molecule has 0 bridgehead atoms. The molecule has 2 N–H and O–H groups in total. The van der Waals surface area contributed by atoms with Crippen molar-refractivity contribution >= 4 is 39.0 Å². The van der Waals surface area contributed by atoms with E-state index in [0.29, 0.717) is 10.5 Å². The number of thiophene rings is 1. The molecule has 5 heteroatoms. The van der Waals surface area contributed by atoms with E-state index in [2.05, 4.69) is 35.0 Å². The van der Waals surface area contributed by atoms with Gasteiger partial charge in [-0.1, -0.05) is 0 Å². The summed E-state index contributed by atoms with van der Waals surface area (Å²) >= 11 is 7.35. The van der Waals surface area contributed by atoms with Gasteiger partial charge in [0.1, 0.15) is 0 Å². The molecule has 96 valence electrons. The Kier molecular flexibility index (Phi) is 5.36. The second-order valence-electron chi connectivity index (χ2n) is 4.37. The van der Waals surface area contributed by atoms with Gasteiger partial charge in [-0.3, -0.25) is 0 Å². The Balaban J connectivity index is 2.01. The molecule has 1 saturated heterocycles. The molecule has 2 atom stereocenters. The van der Waals surface area contributed by atoms with Crippen molar-refractivity contribution in [1.82, 2.24) is 0 Å². The highest BCUT2D eigenvalue weighted by molar-refractivity contribution is 9.11. The van der Waals surface area contributed by atoms with Crippen molar-refractivity contribution in [2.24, 2.45) is 5.73 Å². The van der Waals surface area contributed by atoms with E-state index in [-0.39, 0.29) is 6.04 Å². The Morgan fingerprint density at radius 1 is 1.47 bits per heavy atom. The van der Waals surface area contributed by atoms with Crippen LogP contribution in [0.15, 0.2) is 15.9 Å². The lowest BCUT2D eigenvalue weighted by atomic mass is 10.2.